The van der Waals surface area contributed by atoms with E-state index in [4.69, 9.17) is 0 Å². The van der Waals surface area contributed by atoms with Crippen LogP contribution < -0.4 is 5.32 Å². The first-order chi connectivity index (χ1) is 13.2. The monoisotopic (exact) mass is 365 g/mol. The van der Waals surface area contributed by atoms with Gasteiger partial charge in [0.2, 0.25) is 0 Å². The molecule has 3 atom stereocenters. The molecule has 5 heteroatoms. The number of hydrogen-bond donors (Lipinski definition) is 1. The molecule has 4 heterocycles. The molecule has 2 aromatic rings. The van der Waals surface area contributed by atoms with E-state index in [9.17, 15) is 9.18 Å². The number of rotatable bonds is 2. The lowest BCUT2D eigenvalue weighted by atomic mass is 9.75. The van der Waals surface area contributed by atoms with Crippen molar-refractivity contribution < 1.29 is 9.18 Å². The average molecular weight is 365 g/mol. The summed E-state index contributed by atoms with van der Waals surface area (Å²) < 4.78 is 13.4. The highest BCUT2D eigenvalue weighted by Crippen LogP contribution is 2.46. The molecule has 0 radical (unpaired) electrons. The van der Waals surface area contributed by atoms with Gasteiger partial charge in [-0.15, -0.1) is 0 Å². The maximum atomic E-state index is 13.4. The quantitative estimate of drug-likeness (QED) is 0.876. The highest BCUT2D eigenvalue weighted by Gasteiger charge is 2.54. The Labute approximate surface area is 159 Å². The number of carbonyl (C=O) groups excluding carboxylic acids is 1. The Morgan fingerprint density at radius 3 is 2.37 bits per heavy atom. The molecule has 4 aliphatic heterocycles. The van der Waals surface area contributed by atoms with Gasteiger partial charge in [0.1, 0.15) is 5.82 Å². The van der Waals surface area contributed by atoms with Crippen LogP contribution >= 0.6 is 0 Å². The highest BCUT2D eigenvalue weighted by molar-refractivity contribution is 5.90. The number of urea groups is 1. The number of hydrogen-bond acceptors (Lipinski definition) is 2. The second-order valence-corrected chi connectivity index (χ2v) is 7.96. The summed E-state index contributed by atoms with van der Waals surface area (Å²) >= 11 is 0. The summed E-state index contributed by atoms with van der Waals surface area (Å²) in [5.74, 6) is 0.588. The molecular formula is C22H24FN3O. The third-order valence-corrected chi connectivity index (χ3v) is 6.58. The number of halogens is 1. The maximum Gasteiger partial charge on any atom is 0.322 e. The molecule has 2 amide bonds. The number of nitrogens with one attached hydrogen (secondary N) is 1. The molecule has 27 heavy (non-hydrogen) atoms. The molecule has 1 N–H and O–H groups in total. The highest BCUT2D eigenvalue weighted by atomic mass is 19.1. The van der Waals surface area contributed by atoms with Gasteiger partial charge in [0.15, 0.2) is 0 Å². The summed E-state index contributed by atoms with van der Waals surface area (Å²) in [6, 6.07) is 17.0. The first-order valence-electron chi connectivity index (χ1n) is 9.83. The van der Waals surface area contributed by atoms with Crippen LogP contribution in [0.15, 0.2) is 54.6 Å². The molecule has 4 nitrogen and oxygen atoms in total. The van der Waals surface area contributed by atoms with Crippen LogP contribution in [-0.4, -0.2) is 47.5 Å². The molecule has 0 aliphatic carbocycles. The van der Waals surface area contributed by atoms with Crippen molar-refractivity contribution in [2.75, 3.05) is 25.0 Å². The minimum Gasteiger partial charge on any atom is -0.319 e. The predicted molar refractivity (Wildman–Crippen MR) is 103 cm³/mol. The third kappa shape index (κ3) is 2.90. The van der Waals surface area contributed by atoms with Crippen LogP contribution in [0.5, 0.6) is 0 Å². The van der Waals surface area contributed by atoms with Crippen LogP contribution in [0.1, 0.15) is 24.3 Å². The second kappa shape index (κ2) is 6.64. The Kier molecular flexibility index (Phi) is 4.12. The van der Waals surface area contributed by atoms with Crippen molar-refractivity contribution in [2.24, 2.45) is 5.92 Å². The van der Waals surface area contributed by atoms with Crippen molar-refractivity contribution in [1.82, 2.24) is 9.80 Å². The van der Waals surface area contributed by atoms with Gasteiger partial charge in [-0.3, -0.25) is 4.90 Å². The van der Waals surface area contributed by atoms with E-state index < -0.39 is 0 Å². The smallest absolute Gasteiger partial charge is 0.319 e. The molecule has 4 fully saturated rings. The zero-order valence-corrected chi connectivity index (χ0v) is 15.2. The lowest BCUT2D eigenvalue weighted by Crippen LogP contribution is -2.61. The van der Waals surface area contributed by atoms with Crippen molar-refractivity contribution >= 4 is 11.7 Å². The molecular weight excluding hydrogens is 341 g/mol. The topological polar surface area (TPSA) is 35.6 Å². The van der Waals surface area contributed by atoms with E-state index in [-0.39, 0.29) is 23.8 Å². The summed E-state index contributed by atoms with van der Waals surface area (Å²) in [4.78, 5) is 17.7. The number of piperidine rings is 3. The van der Waals surface area contributed by atoms with Crippen molar-refractivity contribution in [1.29, 1.82) is 0 Å². The van der Waals surface area contributed by atoms with Gasteiger partial charge in [-0.1, -0.05) is 30.3 Å². The maximum absolute atomic E-state index is 13.4. The Morgan fingerprint density at radius 2 is 1.67 bits per heavy atom. The van der Waals surface area contributed by atoms with Crippen molar-refractivity contribution in [3.05, 3.63) is 66.0 Å². The molecule has 2 bridgehead atoms. The van der Waals surface area contributed by atoms with E-state index in [1.54, 1.807) is 0 Å². The van der Waals surface area contributed by atoms with Gasteiger partial charge < -0.3 is 10.2 Å². The number of carbonyl (C=O) groups is 1. The van der Waals surface area contributed by atoms with E-state index in [1.165, 1.54) is 12.1 Å². The first kappa shape index (κ1) is 16.8. The van der Waals surface area contributed by atoms with Gasteiger partial charge in [-0.25, -0.2) is 9.18 Å². The minimum absolute atomic E-state index is 0.0189. The Morgan fingerprint density at radius 1 is 0.963 bits per heavy atom. The molecule has 0 spiro atoms. The lowest BCUT2D eigenvalue weighted by Gasteiger charge is -2.51. The van der Waals surface area contributed by atoms with Crippen LogP contribution in [0.2, 0.25) is 0 Å². The fraction of sp³-hybridized carbons (Fsp3) is 0.409. The number of anilines is 1. The molecule has 140 valence electrons. The molecule has 2 aromatic carbocycles. The SMILES string of the molecule is O=C(Nc1ccccc1)N1C[C@H](c2ccc(F)cc2)[C@H]2[C@@H]1C1CCN2CC1. The third-order valence-electron chi connectivity index (χ3n) is 6.58. The van der Waals surface area contributed by atoms with Gasteiger partial charge in [-0.05, 0) is 61.7 Å². The molecule has 4 aliphatic rings. The van der Waals surface area contributed by atoms with Crippen molar-refractivity contribution in [3.63, 3.8) is 0 Å². The van der Waals surface area contributed by atoms with Crippen LogP contribution in [0.4, 0.5) is 14.9 Å². The van der Waals surface area contributed by atoms with Crippen LogP contribution in [0.3, 0.4) is 0 Å². The van der Waals surface area contributed by atoms with Crippen LogP contribution in [-0.2, 0) is 0 Å². The van der Waals surface area contributed by atoms with E-state index in [2.05, 4.69) is 10.2 Å². The zero-order chi connectivity index (χ0) is 18.4. The number of benzene rings is 2. The summed E-state index contributed by atoms with van der Waals surface area (Å²) in [5.41, 5.74) is 1.96. The van der Waals surface area contributed by atoms with Crippen molar-refractivity contribution in [2.45, 2.75) is 30.8 Å². The molecule has 0 unspecified atom stereocenters. The number of para-hydroxylation sites is 1. The molecule has 0 saturated carbocycles. The molecule has 0 aromatic heterocycles. The standard InChI is InChI=1S/C22H24FN3O/c23-17-8-6-15(7-9-17)19-14-26(22(27)24-18-4-2-1-3-5-18)20-16-10-12-25(13-11-16)21(19)20/h1-9,16,19-21H,10-14H2,(H,24,27)/t19-,20+,21+/m1/s1. The van der Waals surface area contributed by atoms with Crippen LogP contribution in [0.25, 0.3) is 0 Å². The fourth-order valence-corrected chi connectivity index (χ4v) is 5.37. The lowest BCUT2D eigenvalue weighted by molar-refractivity contribution is 0.00494. The normalized spacial score (nSPS) is 31.6. The van der Waals surface area contributed by atoms with Crippen LogP contribution in [0, 0.1) is 11.7 Å². The Hall–Kier alpha value is -2.40. The van der Waals surface area contributed by atoms with E-state index in [0.717, 1.165) is 37.2 Å². The predicted octanol–water partition coefficient (Wildman–Crippen LogP) is 3.92. The largest absolute Gasteiger partial charge is 0.322 e. The zero-order valence-electron chi connectivity index (χ0n) is 15.2. The van der Waals surface area contributed by atoms with Gasteiger partial charge in [0.25, 0.3) is 0 Å². The summed E-state index contributed by atoms with van der Waals surface area (Å²) in [6.45, 7) is 2.90. The van der Waals surface area contributed by atoms with Crippen molar-refractivity contribution in [3.8, 4) is 0 Å². The van der Waals surface area contributed by atoms with E-state index >= 15 is 0 Å². The number of likely N-dealkylation sites (tertiary alicyclic amines) is 1. The summed E-state index contributed by atoms with van der Waals surface area (Å²) in [7, 11) is 0. The van der Waals surface area contributed by atoms with Gasteiger partial charge >= 0.3 is 6.03 Å². The van der Waals surface area contributed by atoms with E-state index in [0.29, 0.717) is 18.5 Å². The Balaban J connectivity index is 1.45. The number of amides is 2. The fourth-order valence-electron chi connectivity index (χ4n) is 5.37. The summed E-state index contributed by atoms with van der Waals surface area (Å²) in [5, 5.41) is 3.07. The second-order valence-electron chi connectivity index (χ2n) is 7.96. The first-order valence-corrected chi connectivity index (χ1v) is 9.83. The number of nitrogens with zero attached hydrogens (tertiary/aromatic N) is 2. The molecule has 4 saturated heterocycles. The van der Waals surface area contributed by atoms with Gasteiger partial charge in [-0.2, -0.15) is 0 Å². The Bertz CT molecular complexity index is 817. The number of fused-ring (bicyclic) bond motifs is 2. The van der Waals surface area contributed by atoms with Gasteiger partial charge in [0.05, 0.1) is 6.04 Å². The minimum atomic E-state index is -0.211. The van der Waals surface area contributed by atoms with Gasteiger partial charge in [0, 0.05) is 24.2 Å². The van der Waals surface area contributed by atoms with E-state index in [1.807, 2.05) is 47.4 Å². The molecule has 6 rings (SSSR count). The summed E-state index contributed by atoms with van der Waals surface area (Å²) in [6.07, 6.45) is 2.32. The average Bonchev–Trinajstić information content (AvgIpc) is 3.13.